The SMILES string of the molecule is CCCNc1ncc(Cl)c(N2CCC(C(C)C)C2)n1. The highest BCUT2D eigenvalue weighted by Crippen LogP contribution is 2.31. The molecule has 1 N–H and O–H groups in total. The maximum atomic E-state index is 6.24. The van der Waals surface area contributed by atoms with Crippen LogP contribution >= 0.6 is 11.6 Å². The average Bonchev–Trinajstić information content (AvgIpc) is 2.87. The molecule has 0 aromatic carbocycles. The van der Waals surface area contributed by atoms with Gasteiger partial charge in [-0.2, -0.15) is 4.98 Å². The summed E-state index contributed by atoms with van der Waals surface area (Å²) in [5, 5.41) is 3.86. The number of rotatable bonds is 5. The van der Waals surface area contributed by atoms with Crippen LogP contribution in [0, 0.1) is 11.8 Å². The van der Waals surface area contributed by atoms with Crippen molar-refractivity contribution >= 4 is 23.4 Å². The number of aromatic nitrogens is 2. The molecule has 1 unspecified atom stereocenters. The minimum atomic E-state index is 0.645. The Hall–Kier alpha value is -1.03. The summed E-state index contributed by atoms with van der Waals surface area (Å²) >= 11 is 6.24. The van der Waals surface area contributed by atoms with Crippen molar-refractivity contribution in [2.45, 2.75) is 33.6 Å². The first-order chi connectivity index (χ1) is 9.11. The molecule has 0 amide bonds. The molecule has 5 heteroatoms. The lowest BCUT2D eigenvalue weighted by Crippen LogP contribution is -2.23. The standard InChI is InChI=1S/C14H23ClN4/c1-4-6-16-14-17-8-12(15)13(18-14)19-7-5-11(9-19)10(2)3/h8,10-11H,4-7,9H2,1-3H3,(H,16,17,18). The van der Waals surface area contributed by atoms with Gasteiger partial charge < -0.3 is 10.2 Å². The molecule has 0 radical (unpaired) electrons. The molecule has 0 spiro atoms. The molecule has 4 nitrogen and oxygen atoms in total. The van der Waals surface area contributed by atoms with E-state index in [1.165, 1.54) is 6.42 Å². The maximum Gasteiger partial charge on any atom is 0.224 e. The lowest BCUT2D eigenvalue weighted by Gasteiger charge is -2.20. The molecule has 0 saturated carbocycles. The van der Waals surface area contributed by atoms with Gasteiger partial charge in [-0.3, -0.25) is 0 Å². The predicted molar refractivity (Wildman–Crippen MR) is 81.0 cm³/mol. The Labute approximate surface area is 120 Å². The number of halogens is 1. The van der Waals surface area contributed by atoms with E-state index in [1.807, 2.05) is 0 Å². The first kappa shape index (κ1) is 14.4. The summed E-state index contributed by atoms with van der Waals surface area (Å²) in [7, 11) is 0. The van der Waals surface area contributed by atoms with Gasteiger partial charge in [0.2, 0.25) is 5.95 Å². The highest BCUT2D eigenvalue weighted by atomic mass is 35.5. The monoisotopic (exact) mass is 282 g/mol. The Bertz CT molecular complexity index is 422. The fourth-order valence-electron chi connectivity index (χ4n) is 2.43. The summed E-state index contributed by atoms with van der Waals surface area (Å²) in [6.45, 7) is 9.65. The summed E-state index contributed by atoms with van der Waals surface area (Å²) in [4.78, 5) is 11.1. The molecule has 1 fully saturated rings. The van der Waals surface area contributed by atoms with Crippen molar-refractivity contribution in [2.75, 3.05) is 29.9 Å². The van der Waals surface area contributed by atoms with Crippen LogP contribution in [0.15, 0.2) is 6.20 Å². The van der Waals surface area contributed by atoms with E-state index in [0.717, 1.165) is 37.8 Å². The van der Waals surface area contributed by atoms with Crippen LogP contribution in [0.5, 0.6) is 0 Å². The Balaban J connectivity index is 2.11. The summed E-state index contributed by atoms with van der Waals surface area (Å²) in [5.74, 6) is 2.99. The van der Waals surface area contributed by atoms with E-state index in [-0.39, 0.29) is 0 Å². The molecule has 19 heavy (non-hydrogen) atoms. The number of hydrogen-bond donors (Lipinski definition) is 1. The van der Waals surface area contributed by atoms with Crippen LogP contribution in [0.3, 0.4) is 0 Å². The minimum Gasteiger partial charge on any atom is -0.355 e. The van der Waals surface area contributed by atoms with E-state index in [4.69, 9.17) is 11.6 Å². The number of nitrogens with zero attached hydrogens (tertiary/aromatic N) is 3. The molecule has 0 aliphatic carbocycles. The highest BCUT2D eigenvalue weighted by Gasteiger charge is 2.27. The first-order valence-corrected chi connectivity index (χ1v) is 7.51. The van der Waals surface area contributed by atoms with Crippen molar-refractivity contribution in [3.8, 4) is 0 Å². The summed E-state index contributed by atoms with van der Waals surface area (Å²) in [5.41, 5.74) is 0. The molecule has 1 aromatic heterocycles. The van der Waals surface area contributed by atoms with Crippen molar-refractivity contribution in [3.05, 3.63) is 11.2 Å². The normalized spacial score (nSPS) is 19.2. The average molecular weight is 283 g/mol. The van der Waals surface area contributed by atoms with E-state index < -0.39 is 0 Å². The summed E-state index contributed by atoms with van der Waals surface area (Å²) in [6, 6.07) is 0. The smallest absolute Gasteiger partial charge is 0.224 e. The molecule has 1 atom stereocenters. The first-order valence-electron chi connectivity index (χ1n) is 7.13. The fourth-order valence-corrected chi connectivity index (χ4v) is 2.64. The van der Waals surface area contributed by atoms with Crippen LogP contribution in [0.4, 0.5) is 11.8 Å². The molecule has 2 rings (SSSR count). The minimum absolute atomic E-state index is 0.645. The third kappa shape index (κ3) is 3.50. The van der Waals surface area contributed by atoms with Crippen molar-refractivity contribution in [1.82, 2.24) is 9.97 Å². The van der Waals surface area contributed by atoms with Gasteiger partial charge in [-0.05, 0) is 24.7 Å². The molecular formula is C14H23ClN4. The third-order valence-electron chi connectivity index (χ3n) is 3.73. The topological polar surface area (TPSA) is 41.1 Å². The Kier molecular flexibility index (Phi) is 4.86. The van der Waals surface area contributed by atoms with Crippen molar-refractivity contribution in [1.29, 1.82) is 0 Å². The largest absolute Gasteiger partial charge is 0.355 e. The molecule has 1 saturated heterocycles. The molecule has 1 aromatic rings. The Morgan fingerprint density at radius 3 is 2.95 bits per heavy atom. The lowest BCUT2D eigenvalue weighted by molar-refractivity contribution is 0.422. The van der Waals surface area contributed by atoms with Gasteiger partial charge in [0.1, 0.15) is 5.02 Å². The van der Waals surface area contributed by atoms with Gasteiger partial charge in [0.15, 0.2) is 5.82 Å². The van der Waals surface area contributed by atoms with Crippen molar-refractivity contribution in [2.24, 2.45) is 11.8 Å². The van der Waals surface area contributed by atoms with Gasteiger partial charge in [0, 0.05) is 19.6 Å². The van der Waals surface area contributed by atoms with E-state index in [9.17, 15) is 0 Å². The van der Waals surface area contributed by atoms with E-state index in [2.05, 4.69) is 41.0 Å². The summed E-state index contributed by atoms with van der Waals surface area (Å²) < 4.78 is 0. The van der Waals surface area contributed by atoms with Gasteiger partial charge in [-0.15, -0.1) is 0 Å². The second kappa shape index (κ2) is 6.42. The van der Waals surface area contributed by atoms with Crippen LogP contribution in [0.1, 0.15) is 33.6 Å². The predicted octanol–water partition coefficient (Wildman–Crippen LogP) is 3.43. The zero-order chi connectivity index (χ0) is 13.8. The quantitative estimate of drug-likeness (QED) is 0.898. The van der Waals surface area contributed by atoms with E-state index in [0.29, 0.717) is 16.9 Å². The zero-order valence-corrected chi connectivity index (χ0v) is 12.7. The van der Waals surface area contributed by atoms with E-state index >= 15 is 0 Å². The number of anilines is 2. The maximum absolute atomic E-state index is 6.24. The van der Waals surface area contributed by atoms with Gasteiger partial charge in [-0.25, -0.2) is 4.98 Å². The second-order valence-corrected chi connectivity index (χ2v) is 5.94. The number of hydrogen-bond acceptors (Lipinski definition) is 4. The molecule has 106 valence electrons. The van der Waals surface area contributed by atoms with Crippen LogP contribution < -0.4 is 10.2 Å². The van der Waals surface area contributed by atoms with Gasteiger partial charge >= 0.3 is 0 Å². The molecule has 2 heterocycles. The number of nitrogens with one attached hydrogen (secondary N) is 1. The summed E-state index contributed by atoms with van der Waals surface area (Å²) in [6.07, 6.45) is 3.97. The molecule has 0 bridgehead atoms. The van der Waals surface area contributed by atoms with Crippen LogP contribution in [-0.2, 0) is 0 Å². The second-order valence-electron chi connectivity index (χ2n) is 5.53. The van der Waals surface area contributed by atoms with Gasteiger partial charge in [0.25, 0.3) is 0 Å². The molecular weight excluding hydrogens is 260 g/mol. The van der Waals surface area contributed by atoms with E-state index in [1.54, 1.807) is 6.20 Å². The van der Waals surface area contributed by atoms with Crippen LogP contribution in [0.2, 0.25) is 5.02 Å². The van der Waals surface area contributed by atoms with Gasteiger partial charge in [-0.1, -0.05) is 32.4 Å². The Morgan fingerprint density at radius 2 is 2.32 bits per heavy atom. The Morgan fingerprint density at radius 1 is 1.53 bits per heavy atom. The van der Waals surface area contributed by atoms with Gasteiger partial charge in [0.05, 0.1) is 6.20 Å². The fraction of sp³-hybridized carbons (Fsp3) is 0.714. The molecule has 1 aliphatic rings. The third-order valence-corrected chi connectivity index (χ3v) is 3.99. The highest BCUT2D eigenvalue weighted by molar-refractivity contribution is 6.32. The van der Waals surface area contributed by atoms with Crippen molar-refractivity contribution in [3.63, 3.8) is 0 Å². The lowest BCUT2D eigenvalue weighted by atomic mass is 9.95. The van der Waals surface area contributed by atoms with Crippen LogP contribution in [-0.4, -0.2) is 29.6 Å². The van der Waals surface area contributed by atoms with Crippen molar-refractivity contribution < 1.29 is 0 Å². The zero-order valence-electron chi connectivity index (χ0n) is 12.0. The molecule has 1 aliphatic heterocycles. The van der Waals surface area contributed by atoms with Crippen LogP contribution in [0.25, 0.3) is 0 Å².